The number of alkyl halides is 2. The number of hydrogen-bond acceptors (Lipinski definition) is 5. The molecule has 0 radical (unpaired) electrons. The molecule has 2 N–H and O–H groups in total. The van der Waals surface area contributed by atoms with E-state index in [9.17, 15) is 18.0 Å². The van der Waals surface area contributed by atoms with E-state index in [1.165, 1.54) is 24.3 Å². The van der Waals surface area contributed by atoms with Crippen molar-refractivity contribution < 1.29 is 27.1 Å². The molecule has 2 atom stereocenters. The Bertz CT molecular complexity index is 1170. The summed E-state index contributed by atoms with van der Waals surface area (Å²) in [4.78, 5) is 17.8. The smallest absolute Gasteiger partial charge is 0.273 e. The van der Waals surface area contributed by atoms with Crippen LogP contribution in [0.4, 0.5) is 28.9 Å². The van der Waals surface area contributed by atoms with Gasteiger partial charge in [-0.15, -0.1) is 0 Å². The molecule has 6 rings (SSSR count). The minimum Gasteiger partial charge on any atom is -0.380 e. The van der Waals surface area contributed by atoms with Crippen LogP contribution in [0.5, 0.6) is 0 Å². The number of carbonyl (C=O) groups is 1. The van der Waals surface area contributed by atoms with E-state index < -0.39 is 35.1 Å². The van der Waals surface area contributed by atoms with Crippen LogP contribution in [0.15, 0.2) is 30.3 Å². The van der Waals surface area contributed by atoms with E-state index in [4.69, 9.17) is 4.74 Å². The topological polar surface area (TPSA) is 56.8 Å². The maximum atomic E-state index is 15.4. The second-order valence-electron chi connectivity index (χ2n) is 10.6. The Kier molecular flexibility index (Phi) is 7.55. The number of piperidine rings is 3. The molecule has 1 unspecified atom stereocenters. The minimum atomic E-state index is -3.36. The van der Waals surface area contributed by atoms with Gasteiger partial charge in [-0.3, -0.25) is 4.79 Å². The summed E-state index contributed by atoms with van der Waals surface area (Å²) in [5.74, 6) is -4.95. The lowest BCUT2D eigenvalue weighted by Crippen LogP contribution is -2.53. The molecule has 4 aliphatic rings. The van der Waals surface area contributed by atoms with Crippen molar-refractivity contribution in [1.82, 2.24) is 10.2 Å². The summed E-state index contributed by atoms with van der Waals surface area (Å²) in [7, 11) is 0. The van der Waals surface area contributed by atoms with Crippen LogP contribution < -0.4 is 15.5 Å². The molecule has 4 heterocycles. The van der Waals surface area contributed by atoms with Gasteiger partial charge in [0.15, 0.2) is 0 Å². The Labute approximate surface area is 220 Å². The summed E-state index contributed by atoms with van der Waals surface area (Å²) in [6.07, 6.45) is 2.09. The molecule has 1 amide bonds. The predicted molar refractivity (Wildman–Crippen MR) is 138 cm³/mol. The van der Waals surface area contributed by atoms with E-state index in [0.29, 0.717) is 50.5 Å². The summed E-state index contributed by atoms with van der Waals surface area (Å²) in [6.45, 7) is 6.97. The molecule has 38 heavy (non-hydrogen) atoms. The van der Waals surface area contributed by atoms with Crippen molar-refractivity contribution in [3.05, 3.63) is 58.7 Å². The molecule has 0 spiro atoms. The number of fused-ring (bicyclic) bond motifs is 3. The second-order valence-corrected chi connectivity index (χ2v) is 10.6. The van der Waals surface area contributed by atoms with Crippen molar-refractivity contribution in [3.63, 3.8) is 0 Å². The van der Waals surface area contributed by atoms with Crippen molar-refractivity contribution in [2.45, 2.75) is 44.7 Å². The van der Waals surface area contributed by atoms with Gasteiger partial charge in [0.25, 0.3) is 11.8 Å². The summed E-state index contributed by atoms with van der Waals surface area (Å²) in [5.41, 5.74) is 0.132. The zero-order chi connectivity index (χ0) is 27.0. The second kappa shape index (κ2) is 10.7. The van der Waals surface area contributed by atoms with Crippen LogP contribution in [0.1, 0.15) is 54.2 Å². The highest BCUT2D eigenvalue weighted by molar-refractivity contribution is 6.01. The fourth-order valence-corrected chi connectivity index (χ4v) is 5.82. The van der Waals surface area contributed by atoms with E-state index in [1.807, 2.05) is 4.90 Å². The molecule has 4 saturated heterocycles. The zero-order valence-electron chi connectivity index (χ0n) is 21.7. The van der Waals surface area contributed by atoms with E-state index in [-0.39, 0.29) is 17.2 Å². The first-order valence-corrected chi connectivity index (χ1v) is 13.2. The lowest BCUT2D eigenvalue weighted by atomic mass is 9.84. The van der Waals surface area contributed by atoms with Crippen LogP contribution >= 0.6 is 0 Å². The predicted octanol–water partition coefficient (Wildman–Crippen LogP) is 4.91. The van der Waals surface area contributed by atoms with Gasteiger partial charge in [-0.2, -0.15) is 0 Å². The number of carbonyl (C=O) groups excluding carboxylic acids is 1. The first kappa shape index (κ1) is 26.7. The Balaban J connectivity index is 1.45. The lowest BCUT2D eigenvalue weighted by molar-refractivity contribution is 0.0135. The van der Waals surface area contributed by atoms with E-state index in [2.05, 4.69) is 15.5 Å². The summed E-state index contributed by atoms with van der Waals surface area (Å²) in [6, 6.07) is 5.84. The monoisotopic (exact) mass is 534 g/mol. The standard InChI is InChI=1S/C28H34F4N4O2/c1-17(19-4-3-5-21(26(19)30)28(2,31)32)33-27(37)20-14-25(36-10-12-38-13-11-36)22(29)15-23(20)34-24-16-35-8-6-18(24)7-9-35/h3-5,14-15,17-18,24,34H,6-13,16H2,1-2H3,(H,33,37)/t17-,24?/m1/s1. The number of amides is 1. The molecule has 0 aromatic heterocycles. The molecule has 4 fully saturated rings. The minimum absolute atomic E-state index is 0.0419. The zero-order valence-corrected chi connectivity index (χ0v) is 21.7. The van der Waals surface area contributed by atoms with Crippen molar-refractivity contribution in [2.24, 2.45) is 5.92 Å². The van der Waals surface area contributed by atoms with Crippen molar-refractivity contribution >= 4 is 17.3 Å². The molecule has 206 valence electrons. The first-order chi connectivity index (χ1) is 18.1. The highest BCUT2D eigenvalue weighted by Gasteiger charge is 2.35. The number of hydrogen-bond donors (Lipinski definition) is 2. The fourth-order valence-electron chi connectivity index (χ4n) is 5.82. The van der Waals surface area contributed by atoms with Crippen molar-refractivity contribution in [2.75, 3.05) is 56.2 Å². The Morgan fingerprint density at radius 3 is 2.45 bits per heavy atom. The van der Waals surface area contributed by atoms with Crippen LogP contribution in [0.2, 0.25) is 0 Å². The van der Waals surface area contributed by atoms with Crippen LogP contribution in [0.3, 0.4) is 0 Å². The van der Waals surface area contributed by atoms with Gasteiger partial charge in [0.2, 0.25) is 0 Å². The van der Waals surface area contributed by atoms with Crippen molar-refractivity contribution in [1.29, 1.82) is 0 Å². The fraction of sp³-hybridized carbons (Fsp3) is 0.536. The molecular weight excluding hydrogens is 500 g/mol. The van der Waals surface area contributed by atoms with E-state index in [0.717, 1.165) is 38.5 Å². The first-order valence-electron chi connectivity index (χ1n) is 13.2. The number of ether oxygens (including phenoxy) is 1. The molecule has 2 aromatic carbocycles. The van der Waals surface area contributed by atoms with Gasteiger partial charge in [-0.25, -0.2) is 17.6 Å². The third-order valence-electron chi connectivity index (χ3n) is 8.00. The molecule has 6 nitrogen and oxygen atoms in total. The van der Waals surface area contributed by atoms with Gasteiger partial charge in [-0.05, 0) is 50.9 Å². The highest BCUT2D eigenvalue weighted by atomic mass is 19.3. The number of rotatable bonds is 7. The number of nitrogens with one attached hydrogen (secondary N) is 2. The third kappa shape index (κ3) is 5.47. The average molecular weight is 535 g/mol. The lowest BCUT2D eigenvalue weighted by Gasteiger charge is -2.45. The van der Waals surface area contributed by atoms with Crippen molar-refractivity contribution in [3.8, 4) is 0 Å². The van der Waals surface area contributed by atoms with Gasteiger partial charge < -0.3 is 25.2 Å². The number of anilines is 2. The molecule has 10 heteroatoms. The highest BCUT2D eigenvalue weighted by Crippen LogP contribution is 2.35. The molecular formula is C28H34F4N4O2. The van der Waals surface area contributed by atoms with Gasteiger partial charge in [0.05, 0.1) is 41.8 Å². The number of morpholine rings is 1. The molecule has 0 aliphatic carbocycles. The van der Waals surface area contributed by atoms with E-state index >= 15 is 4.39 Å². The normalized spacial score (nSPS) is 24.3. The molecule has 0 saturated carbocycles. The number of benzene rings is 2. The maximum Gasteiger partial charge on any atom is 0.273 e. The van der Waals surface area contributed by atoms with Gasteiger partial charge in [-0.1, -0.05) is 18.2 Å². The SMILES string of the molecule is C[C@@H](NC(=O)c1cc(N2CCOCC2)c(F)cc1NC1CN2CCC1CC2)c1cccc(C(C)(F)F)c1F. The van der Waals surface area contributed by atoms with E-state index in [1.54, 1.807) is 6.92 Å². The third-order valence-corrected chi connectivity index (χ3v) is 8.00. The summed E-state index contributed by atoms with van der Waals surface area (Å²) >= 11 is 0. The summed E-state index contributed by atoms with van der Waals surface area (Å²) in [5, 5.41) is 6.18. The Hall–Kier alpha value is -2.85. The summed E-state index contributed by atoms with van der Waals surface area (Å²) < 4.78 is 63.5. The van der Waals surface area contributed by atoms with Gasteiger partial charge in [0, 0.05) is 38.2 Å². The maximum absolute atomic E-state index is 15.4. The van der Waals surface area contributed by atoms with Gasteiger partial charge >= 0.3 is 0 Å². The van der Waals surface area contributed by atoms with Crippen LogP contribution in [-0.4, -0.2) is 62.8 Å². The molecule has 2 aromatic rings. The Morgan fingerprint density at radius 2 is 1.82 bits per heavy atom. The largest absolute Gasteiger partial charge is 0.380 e. The van der Waals surface area contributed by atoms with Gasteiger partial charge in [0.1, 0.15) is 11.6 Å². The van der Waals surface area contributed by atoms with Crippen LogP contribution in [-0.2, 0) is 10.7 Å². The quantitative estimate of drug-likeness (QED) is 0.495. The number of nitrogens with zero attached hydrogens (tertiary/aromatic N) is 2. The van der Waals surface area contributed by atoms with Crippen LogP contribution in [0.25, 0.3) is 0 Å². The molecule has 4 aliphatic heterocycles. The Morgan fingerprint density at radius 1 is 1.11 bits per heavy atom. The molecule has 2 bridgehead atoms. The average Bonchev–Trinajstić information content (AvgIpc) is 2.89. The van der Waals surface area contributed by atoms with Crippen LogP contribution in [0, 0.1) is 17.6 Å². The number of halogens is 4.